The summed E-state index contributed by atoms with van der Waals surface area (Å²) in [6, 6.07) is 14.0. The molecule has 2 aromatic carbocycles. The van der Waals surface area contributed by atoms with Gasteiger partial charge >= 0.3 is 0 Å². The monoisotopic (exact) mass is 486 g/mol. The Morgan fingerprint density at radius 2 is 1.73 bits per heavy atom. The van der Waals surface area contributed by atoms with Gasteiger partial charge in [0.15, 0.2) is 0 Å². The van der Waals surface area contributed by atoms with Gasteiger partial charge in [-0.2, -0.15) is 5.10 Å². The molecule has 0 saturated heterocycles. The summed E-state index contributed by atoms with van der Waals surface area (Å²) in [5, 5.41) is 10.1. The van der Waals surface area contributed by atoms with E-state index in [2.05, 4.69) is 15.7 Å². The van der Waals surface area contributed by atoms with E-state index in [1.807, 2.05) is 51.1 Å². The highest BCUT2D eigenvalue weighted by atomic mass is 35.5. The number of rotatable bonds is 8. The highest BCUT2D eigenvalue weighted by Crippen LogP contribution is 2.29. The molecule has 7 nitrogen and oxygen atoms in total. The van der Waals surface area contributed by atoms with Crippen molar-refractivity contribution in [2.24, 2.45) is 0 Å². The van der Waals surface area contributed by atoms with Crippen LogP contribution in [0.2, 0.25) is 5.02 Å². The van der Waals surface area contributed by atoms with Crippen LogP contribution in [0.25, 0.3) is 0 Å². The van der Waals surface area contributed by atoms with Crippen molar-refractivity contribution in [2.75, 3.05) is 17.7 Å². The third kappa shape index (κ3) is 6.30. The first-order chi connectivity index (χ1) is 15.7. The minimum Gasteiger partial charge on any atom is -0.497 e. The predicted octanol–water partition coefficient (Wildman–Crippen LogP) is 5.48. The Morgan fingerprint density at radius 1 is 1.03 bits per heavy atom. The van der Waals surface area contributed by atoms with Crippen molar-refractivity contribution in [2.45, 2.75) is 43.9 Å². The summed E-state index contributed by atoms with van der Waals surface area (Å²) >= 11 is 7.82. The number of nitrogens with zero attached hydrogens (tertiary/aromatic N) is 2. The molecule has 2 N–H and O–H groups in total. The Hall–Kier alpha value is -2.97. The van der Waals surface area contributed by atoms with Crippen LogP contribution in [0.15, 0.2) is 53.4 Å². The number of nitrogens with one attached hydrogen (secondary N) is 2. The molecular weight excluding hydrogens is 460 g/mol. The maximum Gasteiger partial charge on any atom is 0.248 e. The lowest BCUT2D eigenvalue weighted by molar-refractivity contribution is -0.119. The van der Waals surface area contributed by atoms with Crippen LogP contribution in [0.4, 0.5) is 11.4 Å². The van der Waals surface area contributed by atoms with Gasteiger partial charge in [-0.05, 0) is 76.2 Å². The van der Waals surface area contributed by atoms with Gasteiger partial charge in [-0.3, -0.25) is 14.3 Å². The van der Waals surface area contributed by atoms with E-state index in [1.165, 1.54) is 11.8 Å². The van der Waals surface area contributed by atoms with Gasteiger partial charge < -0.3 is 15.4 Å². The molecule has 0 aliphatic heterocycles. The van der Waals surface area contributed by atoms with Gasteiger partial charge in [0.2, 0.25) is 11.8 Å². The fourth-order valence-corrected chi connectivity index (χ4v) is 4.33. The number of hydrogen-bond donors (Lipinski definition) is 2. The summed E-state index contributed by atoms with van der Waals surface area (Å²) in [6.07, 6.45) is 0. The van der Waals surface area contributed by atoms with Crippen LogP contribution in [0.5, 0.6) is 5.75 Å². The van der Waals surface area contributed by atoms with Crippen LogP contribution >= 0.6 is 23.4 Å². The number of aryl methyl sites for hydroxylation is 2. The van der Waals surface area contributed by atoms with Gasteiger partial charge in [-0.15, -0.1) is 11.8 Å². The number of aromatic nitrogens is 2. The third-order valence-electron chi connectivity index (χ3n) is 5.03. The lowest BCUT2D eigenvalue weighted by Gasteiger charge is -2.16. The minimum absolute atomic E-state index is 0.151. The summed E-state index contributed by atoms with van der Waals surface area (Å²) in [7, 11) is 1.61. The number of thioether (sulfide) groups is 1. The van der Waals surface area contributed by atoms with E-state index < -0.39 is 6.04 Å². The average Bonchev–Trinajstić information content (AvgIpc) is 3.13. The van der Waals surface area contributed by atoms with E-state index in [0.29, 0.717) is 16.4 Å². The molecule has 2 unspecified atom stereocenters. The van der Waals surface area contributed by atoms with E-state index in [0.717, 1.165) is 22.0 Å². The SMILES string of the molecule is COc1ccc(SC(C)C(=O)Nc2ccc(NC(=O)C(C)n3nc(C)cc3C)c(Cl)c2)cc1. The molecule has 0 radical (unpaired) electrons. The zero-order valence-electron chi connectivity index (χ0n) is 19.2. The standard InChI is InChI=1S/C24H27ClN4O3S/c1-14-12-15(2)29(28-14)16(3)23(30)27-22-11-6-18(13-21(22)25)26-24(31)17(4)33-20-9-7-19(32-5)8-10-20/h6-13,16-17H,1-5H3,(H,26,31)(H,27,30). The second-order valence-electron chi connectivity index (χ2n) is 7.66. The topological polar surface area (TPSA) is 85.3 Å². The molecule has 0 spiro atoms. The van der Waals surface area contributed by atoms with E-state index >= 15 is 0 Å². The van der Waals surface area contributed by atoms with Crippen molar-refractivity contribution in [1.82, 2.24) is 9.78 Å². The molecule has 3 rings (SSSR count). The van der Waals surface area contributed by atoms with Crippen molar-refractivity contribution in [3.63, 3.8) is 0 Å². The number of benzene rings is 2. The van der Waals surface area contributed by atoms with Crippen LogP contribution in [0.3, 0.4) is 0 Å². The molecule has 33 heavy (non-hydrogen) atoms. The molecule has 2 amide bonds. The number of halogens is 1. The normalized spacial score (nSPS) is 12.7. The number of anilines is 2. The van der Waals surface area contributed by atoms with Gasteiger partial charge in [0.1, 0.15) is 11.8 Å². The Balaban J connectivity index is 1.60. The van der Waals surface area contributed by atoms with Crippen LogP contribution in [0.1, 0.15) is 31.3 Å². The molecule has 0 fully saturated rings. The number of amides is 2. The van der Waals surface area contributed by atoms with Crippen LogP contribution in [0, 0.1) is 13.8 Å². The molecule has 0 aliphatic carbocycles. The quantitative estimate of drug-likeness (QED) is 0.412. The van der Waals surface area contributed by atoms with Crippen molar-refractivity contribution < 1.29 is 14.3 Å². The summed E-state index contributed by atoms with van der Waals surface area (Å²) in [5.74, 6) is 0.383. The lowest BCUT2D eigenvalue weighted by Crippen LogP contribution is -2.25. The second kappa shape index (κ2) is 10.8. The van der Waals surface area contributed by atoms with E-state index in [4.69, 9.17) is 16.3 Å². The molecule has 0 aliphatic rings. The summed E-state index contributed by atoms with van der Waals surface area (Å²) in [4.78, 5) is 26.3. The van der Waals surface area contributed by atoms with Gasteiger partial charge in [-0.1, -0.05) is 11.6 Å². The zero-order valence-corrected chi connectivity index (χ0v) is 20.8. The summed E-state index contributed by atoms with van der Waals surface area (Å²) in [5.41, 5.74) is 2.77. The van der Waals surface area contributed by atoms with E-state index in [1.54, 1.807) is 36.9 Å². The van der Waals surface area contributed by atoms with Crippen molar-refractivity contribution >= 4 is 46.6 Å². The Kier molecular flexibility index (Phi) is 8.05. The maximum absolute atomic E-state index is 12.7. The van der Waals surface area contributed by atoms with Gasteiger partial charge in [-0.25, -0.2) is 0 Å². The number of carbonyl (C=O) groups is 2. The molecule has 2 atom stereocenters. The second-order valence-corrected chi connectivity index (χ2v) is 9.48. The van der Waals surface area contributed by atoms with Gasteiger partial charge in [0, 0.05) is 16.3 Å². The summed E-state index contributed by atoms with van der Waals surface area (Å²) < 4.78 is 6.83. The Labute approximate surface area is 202 Å². The Bertz CT molecular complexity index is 1150. The fraction of sp³-hybridized carbons (Fsp3) is 0.292. The first kappa shape index (κ1) is 24.7. The zero-order chi connectivity index (χ0) is 24.1. The molecule has 1 heterocycles. The molecule has 3 aromatic rings. The summed E-state index contributed by atoms with van der Waals surface area (Å²) in [6.45, 7) is 7.40. The van der Waals surface area contributed by atoms with E-state index in [-0.39, 0.29) is 17.1 Å². The lowest BCUT2D eigenvalue weighted by atomic mass is 10.2. The molecule has 0 bridgehead atoms. The van der Waals surface area contributed by atoms with Crippen LogP contribution < -0.4 is 15.4 Å². The number of carbonyl (C=O) groups excluding carboxylic acids is 2. The smallest absolute Gasteiger partial charge is 0.248 e. The molecular formula is C24H27ClN4O3S. The fourth-order valence-electron chi connectivity index (χ4n) is 3.24. The average molecular weight is 487 g/mol. The first-order valence-electron chi connectivity index (χ1n) is 10.4. The number of methoxy groups -OCH3 is 1. The Morgan fingerprint density at radius 3 is 2.30 bits per heavy atom. The van der Waals surface area contributed by atoms with Gasteiger partial charge in [0.05, 0.1) is 28.8 Å². The number of ether oxygens (including phenoxy) is 1. The predicted molar refractivity (Wildman–Crippen MR) is 133 cm³/mol. The van der Waals surface area contributed by atoms with Crippen LogP contribution in [-0.4, -0.2) is 34.0 Å². The molecule has 1 aromatic heterocycles. The van der Waals surface area contributed by atoms with E-state index in [9.17, 15) is 9.59 Å². The third-order valence-corrected chi connectivity index (χ3v) is 6.45. The highest BCUT2D eigenvalue weighted by Gasteiger charge is 2.20. The highest BCUT2D eigenvalue weighted by molar-refractivity contribution is 8.00. The van der Waals surface area contributed by atoms with Gasteiger partial charge in [0.25, 0.3) is 0 Å². The first-order valence-corrected chi connectivity index (χ1v) is 11.7. The minimum atomic E-state index is -0.495. The molecule has 9 heteroatoms. The molecule has 0 saturated carbocycles. The van der Waals surface area contributed by atoms with Crippen molar-refractivity contribution in [1.29, 1.82) is 0 Å². The van der Waals surface area contributed by atoms with Crippen molar-refractivity contribution in [3.05, 3.63) is 64.9 Å². The number of hydrogen-bond acceptors (Lipinski definition) is 5. The van der Waals surface area contributed by atoms with Crippen LogP contribution in [-0.2, 0) is 9.59 Å². The largest absolute Gasteiger partial charge is 0.497 e. The van der Waals surface area contributed by atoms with Crippen molar-refractivity contribution in [3.8, 4) is 5.75 Å². The molecule has 174 valence electrons. The maximum atomic E-state index is 12.7.